The SMILES string of the molecule is O=C(CSc1nnc(NCc2ccco2)s1)c1ccc(NC(=O)c2ccccc2)cc1. The number of thioether (sulfide) groups is 1. The van der Waals surface area contributed by atoms with Gasteiger partial charge < -0.3 is 15.1 Å². The van der Waals surface area contributed by atoms with E-state index in [0.29, 0.717) is 32.8 Å². The maximum atomic E-state index is 12.5. The van der Waals surface area contributed by atoms with Crippen molar-refractivity contribution in [3.63, 3.8) is 0 Å². The molecule has 0 aliphatic carbocycles. The highest BCUT2D eigenvalue weighted by Gasteiger charge is 2.11. The van der Waals surface area contributed by atoms with Gasteiger partial charge in [-0.3, -0.25) is 9.59 Å². The van der Waals surface area contributed by atoms with Crippen LogP contribution in [0.4, 0.5) is 10.8 Å². The fourth-order valence-electron chi connectivity index (χ4n) is 2.66. The number of benzene rings is 2. The van der Waals surface area contributed by atoms with Crippen molar-refractivity contribution in [2.45, 2.75) is 10.9 Å². The van der Waals surface area contributed by atoms with Gasteiger partial charge in [-0.05, 0) is 48.5 Å². The number of aromatic nitrogens is 2. The number of Topliss-reactive ketones (excluding diaryl/α,β-unsaturated/α-hetero) is 1. The molecule has 2 heterocycles. The quantitative estimate of drug-likeness (QED) is 0.274. The monoisotopic (exact) mass is 450 g/mol. The standard InChI is InChI=1S/C22H18N4O3S2/c27-19(14-30-22-26-25-21(31-22)23-13-18-7-4-12-29-18)15-8-10-17(11-9-15)24-20(28)16-5-2-1-3-6-16/h1-12H,13-14H2,(H,23,25)(H,24,28). The van der Waals surface area contributed by atoms with Gasteiger partial charge in [-0.1, -0.05) is 41.3 Å². The third-order valence-electron chi connectivity index (χ3n) is 4.23. The Morgan fingerprint density at radius 3 is 2.48 bits per heavy atom. The Morgan fingerprint density at radius 2 is 1.74 bits per heavy atom. The molecule has 1 amide bonds. The van der Waals surface area contributed by atoms with E-state index < -0.39 is 0 Å². The van der Waals surface area contributed by atoms with E-state index >= 15 is 0 Å². The van der Waals surface area contributed by atoms with Gasteiger partial charge in [-0.2, -0.15) is 0 Å². The molecule has 0 saturated heterocycles. The molecule has 0 unspecified atom stereocenters. The number of carbonyl (C=O) groups is 2. The van der Waals surface area contributed by atoms with Gasteiger partial charge in [-0.25, -0.2) is 0 Å². The van der Waals surface area contributed by atoms with Gasteiger partial charge in [0, 0.05) is 16.8 Å². The van der Waals surface area contributed by atoms with Gasteiger partial charge in [0.2, 0.25) is 5.13 Å². The summed E-state index contributed by atoms with van der Waals surface area (Å²) in [5.41, 5.74) is 1.79. The Bertz CT molecular complexity index is 1140. The average Bonchev–Trinajstić information content (AvgIpc) is 3.49. The van der Waals surface area contributed by atoms with E-state index in [0.717, 1.165) is 5.76 Å². The van der Waals surface area contributed by atoms with E-state index in [1.165, 1.54) is 23.1 Å². The van der Waals surface area contributed by atoms with E-state index in [2.05, 4.69) is 20.8 Å². The first-order valence-corrected chi connectivity index (χ1v) is 11.2. The molecule has 31 heavy (non-hydrogen) atoms. The summed E-state index contributed by atoms with van der Waals surface area (Å²) < 4.78 is 5.97. The first kappa shape index (κ1) is 20.8. The normalized spacial score (nSPS) is 10.6. The number of nitrogens with one attached hydrogen (secondary N) is 2. The van der Waals surface area contributed by atoms with Gasteiger partial charge in [0.05, 0.1) is 18.6 Å². The van der Waals surface area contributed by atoms with Crippen LogP contribution in [0.3, 0.4) is 0 Å². The van der Waals surface area contributed by atoms with Crippen LogP contribution in [0, 0.1) is 0 Å². The molecule has 2 aromatic carbocycles. The third kappa shape index (κ3) is 5.80. The van der Waals surface area contributed by atoms with E-state index in [4.69, 9.17) is 4.42 Å². The van der Waals surface area contributed by atoms with Crippen LogP contribution in [0.25, 0.3) is 0 Å². The van der Waals surface area contributed by atoms with E-state index in [-0.39, 0.29) is 17.4 Å². The number of rotatable bonds is 9. The number of anilines is 2. The summed E-state index contributed by atoms with van der Waals surface area (Å²) in [6, 6.07) is 19.5. The Morgan fingerprint density at radius 1 is 0.935 bits per heavy atom. The zero-order chi connectivity index (χ0) is 21.5. The average molecular weight is 451 g/mol. The van der Waals surface area contributed by atoms with Crippen molar-refractivity contribution in [1.82, 2.24) is 10.2 Å². The van der Waals surface area contributed by atoms with Crippen molar-refractivity contribution in [1.29, 1.82) is 0 Å². The summed E-state index contributed by atoms with van der Waals surface area (Å²) >= 11 is 2.73. The summed E-state index contributed by atoms with van der Waals surface area (Å²) in [7, 11) is 0. The molecule has 9 heteroatoms. The Balaban J connectivity index is 1.26. The topological polar surface area (TPSA) is 97.1 Å². The molecule has 0 bridgehead atoms. The molecule has 0 fully saturated rings. The first-order valence-electron chi connectivity index (χ1n) is 9.39. The third-order valence-corrected chi connectivity index (χ3v) is 6.24. The molecule has 0 aliphatic rings. The van der Waals surface area contributed by atoms with Gasteiger partial charge in [-0.15, -0.1) is 10.2 Å². The fraction of sp³-hybridized carbons (Fsp3) is 0.0909. The lowest BCUT2D eigenvalue weighted by atomic mass is 10.1. The van der Waals surface area contributed by atoms with Crippen molar-refractivity contribution in [2.75, 3.05) is 16.4 Å². The van der Waals surface area contributed by atoms with Crippen LogP contribution >= 0.6 is 23.1 Å². The van der Waals surface area contributed by atoms with Crippen molar-refractivity contribution in [3.05, 3.63) is 89.9 Å². The maximum Gasteiger partial charge on any atom is 0.255 e. The Labute approximate surface area is 186 Å². The zero-order valence-corrected chi connectivity index (χ0v) is 17.9. The van der Waals surface area contributed by atoms with E-state index in [1.807, 2.05) is 30.3 Å². The molecule has 0 spiro atoms. The van der Waals surface area contributed by atoms with Crippen LogP contribution in [-0.4, -0.2) is 27.6 Å². The zero-order valence-electron chi connectivity index (χ0n) is 16.3. The highest BCUT2D eigenvalue weighted by Crippen LogP contribution is 2.26. The molecule has 7 nitrogen and oxygen atoms in total. The minimum Gasteiger partial charge on any atom is -0.467 e. The smallest absolute Gasteiger partial charge is 0.255 e. The predicted octanol–water partition coefficient (Wildman–Crippen LogP) is 4.97. The molecule has 156 valence electrons. The van der Waals surface area contributed by atoms with E-state index in [9.17, 15) is 9.59 Å². The number of nitrogens with zero attached hydrogens (tertiary/aromatic N) is 2. The van der Waals surface area contributed by atoms with Crippen molar-refractivity contribution < 1.29 is 14.0 Å². The van der Waals surface area contributed by atoms with Gasteiger partial charge in [0.15, 0.2) is 10.1 Å². The van der Waals surface area contributed by atoms with Crippen molar-refractivity contribution in [2.24, 2.45) is 0 Å². The number of hydrogen-bond acceptors (Lipinski definition) is 8. The first-order chi connectivity index (χ1) is 15.2. The molecular formula is C22H18N4O3S2. The highest BCUT2D eigenvalue weighted by atomic mass is 32.2. The number of amides is 1. The Kier molecular flexibility index (Phi) is 6.75. The number of ketones is 1. The highest BCUT2D eigenvalue weighted by molar-refractivity contribution is 8.01. The molecule has 0 aliphatic heterocycles. The lowest BCUT2D eigenvalue weighted by Crippen LogP contribution is -2.11. The van der Waals surface area contributed by atoms with Gasteiger partial charge >= 0.3 is 0 Å². The maximum absolute atomic E-state index is 12.5. The minimum absolute atomic E-state index is 0.0220. The molecule has 4 aromatic rings. The summed E-state index contributed by atoms with van der Waals surface area (Å²) in [5.74, 6) is 0.847. The molecule has 4 rings (SSSR count). The van der Waals surface area contributed by atoms with Crippen molar-refractivity contribution in [3.8, 4) is 0 Å². The molecule has 0 atom stereocenters. The summed E-state index contributed by atoms with van der Waals surface area (Å²) in [6.45, 7) is 0.526. The summed E-state index contributed by atoms with van der Waals surface area (Å²) in [6.07, 6.45) is 1.62. The number of carbonyl (C=O) groups excluding carboxylic acids is 2. The predicted molar refractivity (Wildman–Crippen MR) is 122 cm³/mol. The summed E-state index contributed by atoms with van der Waals surface area (Å²) in [4.78, 5) is 24.7. The van der Waals surface area contributed by atoms with Crippen LogP contribution in [-0.2, 0) is 6.54 Å². The second kappa shape index (κ2) is 10.1. The lowest BCUT2D eigenvalue weighted by molar-refractivity contribution is 0.101. The number of furan rings is 1. The Hall–Kier alpha value is -3.43. The molecule has 2 aromatic heterocycles. The summed E-state index contributed by atoms with van der Waals surface area (Å²) in [5, 5.41) is 14.8. The van der Waals surface area contributed by atoms with Crippen LogP contribution in [0.15, 0.2) is 81.8 Å². The molecule has 0 saturated carbocycles. The van der Waals surface area contributed by atoms with Gasteiger partial charge in [0.25, 0.3) is 5.91 Å². The van der Waals surface area contributed by atoms with Crippen molar-refractivity contribution >= 4 is 45.6 Å². The minimum atomic E-state index is -0.192. The molecular weight excluding hydrogens is 432 g/mol. The largest absolute Gasteiger partial charge is 0.467 e. The van der Waals surface area contributed by atoms with Crippen LogP contribution < -0.4 is 10.6 Å². The van der Waals surface area contributed by atoms with E-state index in [1.54, 1.807) is 42.7 Å². The molecule has 2 N–H and O–H groups in total. The second-order valence-corrected chi connectivity index (χ2v) is 8.62. The van der Waals surface area contributed by atoms with Crippen LogP contribution in [0.2, 0.25) is 0 Å². The van der Waals surface area contributed by atoms with Crippen LogP contribution in [0.1, 0.15) is 26.5 Å². The molecule has 0 radical (unpaired) electrons. The van der Waals surface area contributed by atoms with Gasteiger partial charge in [0.1, 0.15) is 5.76 Å². The van der Waals surface area contributed by atoms with Crippen LogP contribution in [0.5, 0.6) is 0 Å². The number of hydrogen-bond donors (Lipinski definition) is 2. The lowest BCUT2D eigenvalue weighted by Gasteiger charge is -2.06. The second-order valence-electron chi connectivity index (χ2n) is 6.42. The fourth-order valence-corrected chi connectivity index (χ4v) is 4.30.